The molecule has 0 spiro atoms. The monoisotopic (exact) mass is 342 g/mol. The first-order valence-electron chi connectivity index (χ1n) is 4.27. The molecule has 0 saturated carbocycles. The van der Waals surface area contributed by atoms with Crippen molar-refractivity contribution in [2.75, 3.05) is 7.11 Å². The van der Waals surface area contributed by atoms with Gasteiger partial charge in [-0.25, -0.2) is 18.6 Å². The highest BCUT2D eigenvalue weighted by atomic mass is 127. The lowest BCUT2D eigenvalue weighted by Gasteiger charge is -2.11. The van der Waals surface area contributed by atoms with E-state index in [1.165, 1.54) is 6.07 Å². The van der Waals surface area contributed by atoms with Crippen LogP contribution in [0.3, 0.4) is 0 Å². The van der Waals surface area contributed by atoms with Gasteiger partial charge in [-0.3, -0.25) is 0 Å². The number of nitrogens with zero attached hydrogens (tertiary/aromatic N) is 1. The highest BCUT2D eigenvalue weighted by Gasteiger charge is 2.24. The molecule has 1 aromatic rings. The number of nitrogens with two attached hydrogens (primary N) is 1. The van der Waals surface area contributed by atoms with Crippen LogP contribution < -0.4 is 5.73 Å². The second-order valence-electron chi connectivity index (χ2n) is 2.86. The van der Waals surface area contributed by atoms with Crippen molar-refractivity contribution in [2.24, 2.45) is 5.73 Å². The maximum Gasteiger partial charge on any atom is 0.340 e. The van der Waals surface area contributed by atoms with Crippen molar-refractivity contribution in [3.05, 3.63) is 26.6 Å². The number of pyridine rings is 1. The Labute approximate surface area is 104 Å². The minimum absolute atomic E-state index is 0.0251. The van der Waals surface area contributed by atoms with Gasteiger partial charge in [0.1, 0.15) is 9.39 Å². The molecule has 2 N–H and O–H groups in total. The van der Waals surface area contributed by atoms with E-state index < -0.39 is 18.1 Å². The molecule has 4 nitrogen and oxygen atoms in total. The molecule has 0 aliphatic heterocycles. The van der Waals surface area contributed by atoms with Crippen molar-refractivity contribution in [3.8, 4) is 0 Å². The number of alkyl halides is 2. The smallest absolute Gasteiger partial charge is 0.340 e. The van der Waals surface area contributed by atoms with Crippen molar-refractivity contribution < 1.29 is 18.3 Å². The first-order chi connectivity index (χ1) is 7.51. The number of halogens is 3. The van der Waals surface area contributed by atoms with Crippen molar-refractivity contribution in [3.63, 3.8) is 0 Å². The Morgan fingerprint density at radius 3 is 2.75 bits per heavy atom. The lowest BCUT2D eigenvalue weighted by atomic mass is 10.1. The molecule has 0 saturated heterocycles. The number of carbonyl (C=O) groups is 1. The molecule has 0 fully saturated rings. The predicted molar refractivity (Wildman–Crippen MR) is 61.1 cm³/mol. The Morgan fingerprint density at radius 2 is 2.31 bits per heavy atom. The van der Waals surface area contributed by atoms with Crippen LogP contribution in [-0.2, 0) is 11.3 Å². The lowest BCUT2D eigenvalue weighted by molar-refractivity contribution is 0.0585. The highest BCUT2D eigenvalue weighted by molar-refractivity contribution is 14.1. The summed E-state index contributed by atoms with van der Waals surface area (Å²) in [5.41, 5.74) is 4.88. The van der Waals surface area contributed by atoms with E-state index >= 15 is 0 Å². The molecule has 0 atom stereocenters. The molecular formula is C9H9F2IN2O2. The highest BCUT2D eigenvalue weighted by Crippen LogP contribution is 2.25. The van der Waals surface area contributed by atoms with Gasteiger partial charge in [-0.05, 0) is 34.2 Å². The number of hydrogen-bond acceptors (Lipinski definition) is 4. The van der Waals surface area contributed by atoms with Crippen molar-refractivity contribution in [1.82, 2.24) is 4.98 Å². The zero-order valence-electron chi connectivity index (χ0n) is 8.34. The zero-order chi connectivity index (χ0) is 12.3. The van der Waals surface area contributed by atoms with Crippen LogP contribution in [-0.4, -0.2) is 18.1 Å². The first-order valence-corrected chi connectivity index (χ1v) is 5.35. The van der Waals surface area contributed by atoms with Crippen molar-refractivity contribution >= 4 is 28.6 Å². The van der Waals surface area contributed by atoms with Gasteiger partial charge in [0, 0.05) is 6.54 Å². The average Bonchev–Trinajstić information content (AvgIpc) is 2.26. The summed E-state index contributed by atoms with van der Waals surface area (Å²) in [6.45, 7) is -0.0251. The predicted octanol–water partition coefficient (Wildman–Crippen LogP) is 1.87. The van der Waals surface area contributed by atoms with Gasteiger partial charge in [0.15, 0.2) is 0 Å². The second-order valence-corrected chi connectivity index (χ2v) is 3.97. The molecular weight excluding hydrogens is 333 g/mol. The fraction of sp³-hybridized carbons (Fsp3) is 0.333. The number of methoxy groups -OCH3 is 1. The van der Waals surface area contributed by atoms with Crippen LogP contribution in [0.15, 0.2) is 6.07 Å². The van der Waals surface area contributed by atoms with Gasteiger partial charge in [-0.1, -0.05) is 0 Å². The quantitative estimate of drug-likeness (QED) is 0.518. The standard InChI is InChI=1S/C9H9F2IN2O2/c1-16-9(15)6-4(3-13)2-5(12)14-7(6)8(10)11/h2,8H,3,13H2,1H3. The summed E-state index contributed by atoms with van der Waals surface area (Å²) in [5.74, 6) is -0.848. The third-order valence-electron chi connectivity index (χ3n) is 1.91. The Kier molecular flexibility index (Phi) is 4.54. The van der Waals surface area contributed by atoms with Crippen molar-refractivity contribution in [2.45, 2.75) is 13.0 Å². The van der Waals surface area contributed by atoms with Crippen LogP contribution in [0.1, 0.15) is 28.0 Å². The second kappa shape index (κ2) is 5.48. The van der Waals surface area contributed by atoms with Gasteiger partial charge in [-0.15, -0.1) is 0 Å². The topological polar surface area (TPSA) is 65.2 Å². The minimum Gasteiger partial charge on any atom is -0.465 e. The first kappa shape index (κ1) is 13.2. The number of ether oxygens (including phenoxy) is 1. The van der Waals surface area contributed by atoms with E-state index in [1.54, 1.807) is 22.6 Å². The fourth-order valence-corrected chi connectivity index (χ4v) is 1.88. The molecule has 7 heteroatoms. The van der Waals surface area contributed by atoms with Crippen LogP contribution >= 0.6 is 22.6 Å². The largest absolute Gasteiger partial charge is 0.465 e. The maximum absolute atomic E-state index is 12.7. The normalized spacial score (nSPS) is 10.6. The minimum atomic E-state index is -2.84. The summed E-state index contributed by atoms with van der Waals surface area (Å²) >= 11 is 1.79. The summed E-state index contributed by atoms with van der Waals surface area (Å²) in [7, 11) is 1.12. The number of aromatic nitrogens is 1. The van der Waals surface area contributed by atoms with E-state index in [0.717, 1.165) is 7.11 Å². The van der Waals surface area contributed by atoms with Gasteiger partial charge < -0.3 is 10.5 Å². The summed E-state index contributed by atoms with van der Waals surface area (Å²) < 4.78 is 30.2. The van der Waals surface area contributed by atoms with E-state index in [2.05, 4.69) is 9.72 Å². The number of carbonyl (C=O) groups excluding carboxylic acids is 1. The fourth-order valence-electron chi connectivity index (χ4n) is 1.24. The zero-order valence-corrected chi connectivity index (χ0v) is 10.5. The van der Waals surface area contributed by atoms with Crippen LogP contribution in [0.5, 0.6) is 0 Å². The molecule has 0 unspecified atom stereocenters. The van der Waals surface area contributed by atoms with Crippen LogP contribution in [0.4, 0.5) is 8.78 Å². The maximum atomic E-state index is 12.7. The molecule has 0 amide bonds. The Hall–Kier alpha value is -0.830. The van der Waals surface area contributed by atoms with Crippen LogP contribution in [0.2, 0.25) is 0 Å². The average molecular weight is 342 g/mol. The Morgan fingerprint density at radius 1 is 1.69 bits per heavy atom. The number of esters is 1. The number of hydrogen-bond donors (Lipinski definition) is 1. The molecule has 0 radical (unpaired) electrons. The Balaban J connectivity index is 3.45. The molecule has 1 aromatic heterocycles. The van der Waals surface area contributed by atoms with Gasteiger partial charge in [0.2, 0.25) is 0 Å². The van der Waals surface area contributed by atoms with E-state index in [9.17, 15) is 13.6 Å². The van der Waals surface area contributed by atoms with E-state index in [1.807, 2.05) is 0 Å². The van der Waals surface area contributed by atoms with Crippen LogP contribution in [0.25, 0.3) is 0 Å². The molecule has 0 aliphatic carbocycles. The summed E-state index contributed by atoms with van der Waals surface area (Å²) in [6.07, 6.45) is -2.84. The molecule has 16 heavy (non-hydrogen) atoms. The number of rotatable bonds is 3. The molecule has 1 heterocycles. The van der Waals surface area contributed by atoms with Crippen LogP contribution in [0, 0.1) is 3.70 Å². The molecule has 1 rings (SSSR count). The lowest BCUT2D eigenvalue weighted by Crippen LogP contribution is -2.15. The van der Waals surface area contributed by atoms with Gasteiger partial charge in [0.05, 0.1) is 12.7 Å². The molecule has 0 bridgehead atoms. The van der Waals surface area contributed by atoms with Crippen molar-refractivity contribution in [1.29, 1.82) is 0 Å². The van der Waals surface area contributed by atoms with E-state index in [0.29, 0.717) is 9.26 Å². The summed E-state index contributed by atoms with van der Waals surface area (Å²) in [5, 5.41) is 0. The van der Waals surface area contributed by atoms with Gasteiger partial charge >= 0.3 is 5.97 Å². The third-order valence-corrected chi connectivity index (χ3v) is 2.47. The summed E-state index contributed by atoms with van der Waals surface area (Å²) in [6, 6.07) is 1.48. The molecule has 0 aliphatic rings. The van der Waals surface area contributed by atoms with Gasteiger partial charge in [0.25, 0.3) is 6.43 Å². The third kappa shape index (κ3) is 2.64. The SMILES string of the molecule is COC(=O)c1c(CN)cc(I)nc1C(F)F. The van der Waals surface area contributed by atoms with E-state index in [-0.39, 0.29) is 12.1 Å². The van der Waals surface area contributed by atoms with E-state index in [4.69, 9.17) is 5.73 Å². The van der Waals surface area contributed by atoms with Gasteiger partial charge in [-0.2, -0.15) is 0 Å². The molecule has 0 aromatic carbocycles. The Bertz CT molecular complexity index is 413. The summed E-state index contributed by atoms with van der Waals surface area (Å²) in [4.78, 5) is 15.0. The molecule has 88 valence electrons.